The molecule has 0 spiro atoms. The smallest absolute Gasteiger partial charge is 0.417 e. The Labute approximate surface area is 205 Å². The van der Waals surface area contributed by atoms with Gasteiger partial charge in [0.25, 0.3) is 5.91 Å². The summed E-state index contributed by atoms with van der Waals surface area (Å²) in [6.07, 6.45) is -1.72. The average molecular weight is 503 g/mol. The molecule has 10 heteroatoms. The molecule has 6 nitrogen and oxygen atoms in total. The Hall–Kier alpha value is -3.59. The maximum atomic E-state index is 13.0. The minimum absolute atomic E-state index is 0.0902. The van der Waals surface area contributed by atoms with Crippen LogP contribution in [0.3, 0.4) is 0 Å². The van der Waals surface area contributed by atoms with Crippen molar-refractivity contribution in [1.82, 2.24) is 15.6 Å². The molecule has 0 fully saturated rings. The molecule has 0 aliphatic carbocycles. The number of carbonyl (C=O) groups is 1. The zero-order valence-electron chi connectivity index (χ0n) is 18.5. The highest BCUT2D eigenvalue weighted by molar-refractivity contribution is 6.31. The van der Waals surface area contributed by atoms with Crippen LogP contribution in [0.2, 0.25) is 5.02 Å². The lowest BCUT2D eigenvalue weighted by Gasteiger charge is -2.11. The minimum atomic E-state index is -4.63. The number of pyridine rings is 1. The first-order valence-electron chi connectivity index (χ1n) is 11.0. The van der Waals surface area contributed by atoms with Crippen molar-refractivity contribution in [2.24, 2.45) is 4.99 Å². The molecule has 0 saturated carbocycles. The highest BCUT2D eigenvalue weighted by Gasteiger charge is 2.33. The lowest BCUT2D eigenvalue weighted by atomic mass is 10.1. The van der Waals surface area contributed by atoms with E-state index in [2.05, 4.69) is 20.6 Å². The fraction of sp³-hybridized carbons (Fsp3) is 0.240. The van der Waals surface area contributed by atoms with Crippen LogP contribution in [0, 0.1) is 0 Å². The highest BCUT2D eigenvalue weighted by atomic mass is 35.5. The number of carbonyl (C=O) groups excluding carboxylic acids is 1. The molecule has 35 heavy (non-hydrogen) atoms. The maximum Gasteiger partial charge on any atom is 0.417 e. The van der Waals surface area contributed by atoms with E-state index in [-0.39, 0.29) is 5.56 Å². The van der Waals surface area contributed by atoms with E-state index < -0.39 is 22.7 Å². The van der Waals surface area contributed by atoms with E-state index in [4.69, 9.17) is 16.3 Å². The number of alkyl halides is 3. The van der Waals surface area contributed by atoms with Crippen molar-refractivity contribution < 1.29 is 22.7 Å². The number of amidine groups is 1. The van der Waals surface area contributed by atoms with Gasteiger partial charge in [0.15, 0.2) is 0 Å². The largest absolute Gasteiger partial charge is 0.457 e. The Bertz CT molecular complexity index is 1250. The average Bonchev–Trinajstić information content (AvgIpc) is 3.37. The third kappa shape index (κ3) is 6.51. The predicted octanol–water partition coefficient (Wildman–Crippen LogP) is 5.26. The molecule has 1 aromatic heterocycles. The lowest BCUT2D eigenvalue weighted by molar-refractivity contribution is -0.137. The molecule has 0 atom stereocenters. The predicted molar refractivity (Wildman–Crippen MR) is 127 cm³/mol. The molecule has 0 saturated heterocycles. The summed E-state index contributed by atoms with van der Waals surface area (Å²) in [4.78, 5) is 20.9. The highest BCUT2D eigenvalue weighted by Crippen LogP contribution is 2.35. The van der Waals surface area contributed by atoms with Crippen molar-refractivity contribution in [1.29, 1.82) is 0 Å². The minimum Gasteiger partial charge on any atom is -0.457 e. The zero-order chi connectivity index (χ0) is 24.8. The third-order valence-corrected chi connectivity index (χ3v) is 5.57. The number of aryl methyl sites for hydroxylation is 1. The fourth-order valence-electron chi connectivity index (χ4n) is 3.55. The van der Waals surface area contributed by atoms with E-state index in [9.17, 15) is 18.0 Å². The van der Waals surface area contributed by atoms with Crippen molar-refractivity contribution in [2.45, 2.75) is 19.0 Å². The number of aliphatic imine (C=N–C) groups is 1. The van der Waals surface area contributed by atoms with E-state index in [1.54, 1.807) is 12.3 Å². The Morgan fingerprint density at radius 3 is 2.71 bits per heavy atom. The van der Waals surface area contributed by atoms with Gasteiger partial charge in [0.05, 0.1) is 17.1 Å². The van der Waals surface area contributed by atoms with Gasteiger partial charge in [0.1, 0.15) is 23.0 Å². The molecule has 0 bridgehead atoms. The first kappa shape index (κ1) is 24.5. The van der Waals surface area contributed by atoms with Crippen LogP contribution >= 0.6 is 11.6 Å². The summed E-state index contributed by atoms with van der Waals surface area (Å²) < 4.78 is 45.0. The maximum absolute atomic E-state index is 13.0. The van der Waals surface area contributed by atoms with Crippen LogP contribution < -0.4 is 15.4 Å². The van der Waals surface area contributed by atoms with Gasteiger partial charge in [-0.05, 0) is 54.8 Å². The number of benzene rings is 2. The van der Waals surface area contributed by atoms with Gasteiger partial charge >= 0.3 is 6.18 Å². The number of hydrogen-bond donors (Lipinski definition) is 2. The SMILES string of the molecule is O=C(NCCCc1cccc(Oc2ccnc(C3=NCCN3)c2)c1)c1ccc(Cl)c(C(F)(F)F)c1. The van der Waals surface area contributed by atoms with Gasteiger partial charge in [-0.15, -0.1) is 0 Å². The summed E-state index contributed by atoms with van der Waals surface area (Å²) in [5.74, 6) is 1.46. The van der Waals surface area contributed by atoms with E-state index >= 15 is 0 Å². The summed E-state index contributed by atoms with van der Waals surface area (Å²) >= 11 is 5.61. The molecule has 1 amide bonds. The van der Waals surface area contributed by atoms with E-state index in [0.717, 1.165) is 42.3 Å². The van der Waals surface area contributed by atoms with Crippen molar-refractivity contribution in [3.8, 4) is 11.5 Å². The molecule has 2 N–H and O–H groups in total. The van der Waals surface area contributed by atoms with E-state index in [1.165, 1.54) is 6.07 Å². The monoisotopic (exact) mass is 502 g/mol. The van der Waals surface area contributed by atoms with Crippen LogP contribution in [-0.4, -0.2) is 36.4 Å². The third-order valence-electron chi connectivity index (χ3n) is 5.24. The standard InChI is InChI=1S/C25H22ClF3N4O2/c26-21-7-6-17(14-20(21)25(27,28)29)24(34)33-9-2-4-16-3-1-5-18(13-16)35-19-8-10-30-22(15-19)23-31-11-12-32-23/h1,3,5-8,10,13-15H,2,4,9,11-12H2,(H,31,32)(H,33,34). The van der Waals surface area contributed by atoms with Crippen LogP contribution in [0.25, 0.3) is 0 Å². The van der Waals surface area contributed by atoms with Crippen LogP contribution in [0.5, 0.6) is 11.5 Å². The second-order valence-electron chi connectivity index (χ2n) is 7.84. The summed E-state index contributed by atoms with van der Waals surface area (Å²) in [6.45, 7) is 1.81. The number of halogens is 4. The summed E-state index contributed by atoms with van der Waals surface area (Å²) in [5.41, 5.74) is 0.596. The molecule has 0 unspecified atom stereocenters. The molecule has 2 aromatic carbocycles. The van der Waals surface area contributed by atoms with Gasteiger partial charge in [-0.1, -0.05) is 23.7 Å². The van der Waals surface area contributed by atoms with Gasteiger partial charge in [0.2, 0.25) is 0 Å². The molecule has 1 aliphatic heterocycles. The van der Waals surface area contributed by atoms with Crippen molar-refractivity contribution in [3.63, 3.8) is 0 Å². The molecule has 4 rings (SSSR count). The van der Waals surface area contributed by atoms with Crippen LogP contribution in [0.4, 0.5) is 13.2 Å². The molecule has 182 valence electrons. The first-order valence-corrected chi connectivity index (χ1v) is 11.3. The molecule has 2 heterocycles. The number of rotatable bonds is 8. The lowest BCUT2D eigenvalue weighted by Crippen LogP contribution is -2.25. The first-order chi connectivity index (χ1) is 16.8. The number of ether oxygens (including phenoxy) is 1. The molecule has 3 aromatic rings. The summed E-state index contributed by atoms with van der Waals surface area (Å²) in [5, 5.41) is 5.39. The number of nitrogens with zero attached hydrogens (tertiary/aromatic N) is 2. The van der Waals surface area contributed by atoms with Crippen LogP contribution in [0.1, 0.15) is 33.6 Å². The zero-order valence-corrected chi connectivity index (χ0v) is 19.3. The van der Waals surface area contributed by atoms with Crippen molar-refractivity contribution in [2.75, 3.05) is 19.6 Å². The van der Waals surface area contributed by atoms with Crippen LogP contribution in [0.15, 0.2) is 65.8 Å². The normalized spacial score (nSPS) is 13.2. The Morgan fingerprint density at radius 2 is 1.94 bits per heavy atom. The Balaban J connectivity index is 1.30. The van der Waals surface area contributed by atoms with Crippen LogP contribution in [-0.2, 0) is 12.6 Å². The molecular formula is C25H22ClF3N4O2. The van der Waals surface area contributed by atoms with E-state index in [1.807, 2.05) is 30.3 Å². The molecular weight excluding hydrogens is 481 g/mol. The molecule has 0 radical (unpaired) electrons. The summed E-state index contributed by atoms with van der Waals surface area (Å²) in [6, 6.07) is 14.3. The van der Waals surface area contributed by atoms with Gasteiger partial charge in [-0.2, -0.15) is 13.2 Å². The van der Waals surface area contributed by atoms with Crippen molar-refractivity contribution >= 4 is 23.3 Å². The molecule has 1 aliphatic rings. The number of amides is 1. The summed E-state index contributed by atoms with van der Waals surface area (Å²) in [7, 11) is 0. The van der Waals surface area contributed by atoms with Gasteiger partial charge in [0, 0.05) is 30.9 Å². The van der Waals surface area contributed by atoms with Gasteiger partial charge < -0.3 is 15.4 Å². The number of hydrogen-bond acceptors (Lipinski definition) is 5. The van der Waals surface area contributed by atoms with Gasteiger partial charge in [-0.3, -0.25) is 14.8 Å². The number of nitrogens with one attached hydrogen (secondary N) is 2. The van der Waals surface area contributed by atoms with E-state index in [0.29, 0.717) is 30.9 Å². The second kappa shape index (κ2) is 10.8. The second-order valence-corrected chi connectivity index (χ2v) is 8.24. The quantitative estimate of drug-likeness (QED) is 0.412. The Kier molecular flexibility index (Phi) is 7.55. The van der Waals surface area contributed by atoms with Gasteiger partial charge in [-0.25, -0.2) is 0 Å². The number of aromatic nitrogens is 1. The Morgan fingerprint density at radius 1 is 1.11 bits per heavy atom. The fourth-order valence-corrected chi connectivity index (χ4v) is 3.78. The van der Waals surface area contributed by atoms with Crippen molar-refractivity contribution in [3.05, 3.63) is 88.2 Å². The topological polar surface area (TPSA) is 75.6 Å².